The molecule has 54 valence electrons. The van der Waals surface area contributed by atoms with Crippen LogP contribution in [0.1, 0.15) is 6.42 Å². The molecule has 1 heterocycles. The van der Waals surface area contributed by atoms with Crippen LogP contribution >= 0.6 is 0 Å². The predicted octanol–water partition coefficient (Wildman–Crippen LogP) is 0.460. The van der Waals surface area contributed by atoms with Crippen molar-refractivity contribution in [2.24, 2.45) is 0 Å². The fourth-order valence-corrected chi connectivity index (χ4v) is 0.876. The van der Waals surface area contributed by atoms with Gasteiger partial charge < -0.3 is 4.74 Å². The molecule has 10 heavy (non-hydrogen) atoms. The van der Waals surface area contributed by atoms with Gasteiger partial charge in [-0.1, -0.05) is 5.92 Å². The second-order valence-corrected chi connectivity index (χ2v) is 2.20. The van der Waals surface area contributed by atoms with E-state index in [0.717, 1.165) is 6.42 Å². The Morgan fingerprint density at radius 3 is 3.10 bits per heavy atom. The Bertz CT molecular complexity index is 183. The molecule has 0 saturated carbocycles. The molecule has 0 bridgehead atoms. The Morgan fingerprint density at radius 2 is 2.60 bits per heavy atom. The summed E-state index contributed by atoms with van der Waals surface area (Å²) in [7, 11) is 1.64. The van der Waals surface area contributed by atoms with Crippen LogP contribution in [0.2, 0.25) is 0 Å². The van der Waals surface area contributed by atoms with Gasteiger partial charge in [0.05, 0.1) is 12.6 Å². The fraction of sp³-hybridized carbons (Fsp3) is 0.571. The summed E-state index contributed by atoms with van der Waals surface area (Å²) in [6.07, 6.45) is 5.57. The van der Waals surface area contributed by atoms with Crippen LogP contribution in [0.15, 0.2) is 0 Å². The van der Waals surface area contributed by atoms with Crippen molar-refractivity contribution in [3.63, 3.8) is 0 Å². The van der Waals surface area contributed by atoms with Gasteiger partial charge in [-0.3, -0.25) is 4.90 Å². The maximum atomic E-state index is 10.8. The van der Waals surface area contributed by atoms with E-state index in [-0.39, 0.29) is 12.1 Å². The highest BCUT2D eigenvalue weighted by Crippen LogP contribution is 2.09. The van der Waals surface area contributed by atoms with Crippen molar-refractivity contribution < 1.29 is 9.53 Å². The molecule has 1 unspecified atom stereocenters. The Hall–Kier alpha value is -1.17. The van der Waals surface area contributed by atoms with Crippen LogP contribution in [0.4, 0.5) is 4.79 Å². The first-order chi connectivity index (χ1) is 4.75. The quantitative estimate of drug-likeness (QED) is 0.456. The maximum Gasteiger partial charge on any atom is 0.410 e. The molecule has 1 amide bonds. The molecule has 0 aromatic carbocycles. The highest BCUT2D eigenvalue weighted by molar-refractivity contribution is 5.68. The molecule has 1 atom stereocenters. The van der Waals surface area contributed by atoms with E-state index in [4.69, 9.17) is 11.2 Å². The number of carbonyl (C=O) groups excluding carboxylic acids is 1. The van der Waals surface area contributed by atoms with Crippen molar-refractivity contribution >= 4 is 6.09 Å². The van der Waals surface area contributed by atoms with Gasteiger partial charge in [0, 0.05) is 13.5 Å². The second kappa shape index (κ2) is 2.61. The first-order valence-electron chi connectivity index (χ1n) is 3.11. The Kier molecular flexibility index (Phi) is 1.81. The zero-order valence-electron chi connectivity index (χ0n) is 5.83. The lowest BCUT2D eigenvalue weighted by molar-refractivity contribution is 0.0697. The molecule has 0 aliphatic carbocycles. The highest BCUT2D eigenvalue weighted by Gasteiger charge is 2.23. The van der Waals surface area contributed by atoms with E-state index >= 15 is 0 Å². The van der Waals surface area contributed by atoms with Crippen LogP contribution in [-0.2, 0) is 4.74 Å². The molecule has 1 saturated heterocycles. The van der Waals surface area contributed by atoms with Crippen LogP contribution in [0.3, 0.4) is 0 Å². The number of nitrogens with zero attached hydrogens (tertiary/aromatic N) is 1. The van der Waals surface area contributed by atoms with Crippen molar-refractivity contribution in [2.75, 3.05) is 13.7 Å². The van der Waals surface area contributed by atoms with Gasteiger partial charge in [-0.05, 0) is 0 Å². The number of cyclic esters (lactones) is 1. The first-order valence-corrected chi connectivity index (χ1v) is 3.11. The molecule has 3 nitrogen and oxygen atoms in total. The molecule has 3 heteroatoms. The molecule has 0 aromatic heterocycles. The Labute approximate surface area is 60.0 Å². The summed E-state index contributed by atoms with van der Waals surface area (Å²) in [4.78, 5) is 12.2. The van der Waals surface area contributed by atoms with Crippen molar-refractivity contribution in [2.45, 2.75) is 12.5 Å². The zero-order valence-corrected chi connectivity index (χ0v) is 5.83. The average molecular weight is 139 g/mol. The normalized spacial score (nSPS) is 25.4. The molecule has 0 N–H and O–H groups in total. The Morgan fingerprint density at radius 1 is 1.90 bits per heavy atom. The molecular weight excluding hydrogens is 130 g/mol. The number of ether oxygens (including phenoxy) is 1. The van der Waals surface area contributed by atoms with Crippen LogP contribution in [0, 0.1) is 12.3 Å². The lowest BCUT2D eigenvalue weighted by atomic mass is 10.2. The van der Waals surface area contributed by atoms with Crippen LogP contribution in [0.25, 0.3) is 0 Å². The third-order valence-electron chi connectivity index (χ3n) is 1.56. The lowest BCUT2D eigenvalue weighted by Crippen LogP contribution is -2.41. The summed E-state index contributed by atoms with van der Waals surface area (Å²) in [6, 6.07) is -0.0822. The maximum absolute atomic E-state index is 10.8. The minimum Gasteiger partial charge on any atom is -0.449 e. The van der Waals surface area contributed by atoms with E-state index in [9.17, 15) is 4.79 Å². The number of hydrogen-bond donors (Lipinski definition) is 0. The molecular formula is C7H9NO2. The van der Waals surface area contributed by atoms with Gasteiger partial charge in [-0.25, -0.2) is 4.79 Å². The van der Waals surface area contributed by atoms with E-state index in [1.807, 2.05) is 0 Å². The summed E-state index contributed by atoms with van der Waals surface area (Å²) >= 11 is 0. The summed E-state index contributed by atoms with van der Waals surface area (Å²) in [5.74, 6) is 2.51. The van der Waals surface area contributed by atoms with Gasteiger partial charge in [0.25, 0.3) is 0 Å². The van der Waals surface area contributed by atoms with Gasteiger partial charge >= 0.3 is 6.09 Å². The molecule has 1 aliphatic heterocycles. The third-order valence-corrected chi connectivity index (χ3v) is 1.56. The number of carbonyl (C=O) groups is 1. The number of rotatable bonds is 0. The summed E-state index contributed by atoms with van der Waals surface area (Å²) < 4.78 is 4.71. The van der Waals surface area contributed by atoms with Gasteiger partial charge in [0.2, 0.25) is 0 Å². The van der Waals surface area contributed by atoms with Crippen molar-refractivity contribution in [3.8, 4) is 12.3 Å². The van der Waals surface area contributed by atoms with E-state index in [2.05, 4.69) is 5.92 Å². The monoisotopic (exact) mass is 139 g/mol. The van der Waals surface area contributed by atoms with E-state index < -0.39 is 0 Å². The van der Waals surface area contributed by atoms with Crippen LogP contribution < -0.4 is 0 Å². The summed E-state index contributed by atoms with van der Waals surface area (Å²) in [6.45, 7) is 0.442. The van der Waals surface area contributed by atoms with Gasteiger partial charge in [0.15, 0.2) is 0 Å². The summed E-state index contributed by atoms with van der Waals surface area (Å²) in [5.41, 5.74) is 0. The zero-order chi connectivity index (χ0) is 7.56. The molecule has 1 rings (SSSR count). The summed E-state index contributed by atoms with van der Waals surface area (Å²) in [5, 5.41) is 0. The number of hydrogen-bond acceptors (Lipinski definition) is 2. The smallest absolute Gasteiger partial charge is 0.410 e. The SMILES string of the molecule is C#CC1CCOC(=O)N1C. The standard InChI is InChI=1S/C7H9NO2/c1-3-6-4-5-10-7(9)8(6)2/h1,6H,4-5H2,2H3. The third kappa shape index (κ3) is 1.06. The number of terminal acetylenes is 1. The van der Waals surface area contributed by atoms with Gasteiger partial charge in [0.1, 0.15) is 0 Å². The van der Waals surface area contributed by atoms with Crippen molar-refractivity contribution in [3.05, 3.63) is 0 Å². The fourth-order valence-electron chi connectivity index (χ4n) is 0.876. The molecule has 0 aromatic rings. The molecule has 0 radical (unpaired) electrons. The largest absolute Gasteiger partial charge is 0.449 e. The van der Waals surface area contributed by atoms with E-state index in [1.54, 1.807) is 7.05 Å². The van der Waals surface area contributed by atoms with E-state index in [1.165, 1.54) is 4.90 Å². The molecule has 1 aliphatic rings. The minimum absolute atomic E-state index is 0.0822. The highest BCUT2D eigenvalue weighted by atomic mass is 16.6. The van der Waals surface area contributed by atoms with E-state index in [0.29, 0.717) is 6.61 Å². The first kappa shape index (κ1) is 6.94. The van der Waals surface area contributed by atoms with Crippen LogP contribution in [-0.4, -0.2) is 30.7 Å². The van der Waals surface area contributed by atoms with Crippen molar-refractivity contribution in [1.29, 1.82) is 0 Å². The second-order valence-electron chi connectivity index (χ2n) is 2.20. The Balaban J connectivity index is 2.61. The van der Waals surface area contributed by atoms with Crippen LogP contribution in [0.5, 0.6) is 0 Å². The molecule has 0 spiro atoms. The van der Waals surface area contributed by atoms with Gasteiger partial charge in [-0.2, -0.15) is 0 Å². The van der Waals surface area contributed by atoms with Gasteiger partial charge in [-0.15, -0.1) is 6.42 Å². The molecule has 1 fully saturated rings. The number of amides is 1. The predicted molar refractivity (Wildman–Crippen MR) is 36.3 cm³/mol. The average Bonchev–Trinajstić information content (AvgIpc) is 1.95. The minimum atomic E-state index is -0.325. The topological polar surface area (TPSA) is 29.5 Å². The van der Waals surface area contributed by atoms with Crippen molar-refractivity contribution in [1.82, 2.24) is 4.90 Å². The lowest BCUT2D eigenvalue weighted by Gasteiger charge is -2.27.